The van der Waals surface area contributed by atoms with Crippen LogP contribution in [0.25, 0.3) is 27.1 Å². The van der Waals surface area contributed by atoms with Gasteiger partial charge in [0.2, 0.25) is 0 Å². The van der Waals surface area contributed by atoms with E-state index < -0.39 is 43.3 Å². The summed E-state index contributed by atoms with van der Waals surface area (Å²) in [6.07, 6.45) is -0.722. The molecule has 0 N–H and O–H groups in total. The van der Waals surface area contributed by atoms with Crippen molar-refractivity contribution in [3.8, 4) is 39.8 Å². The van der Waals surface area contributed by atoms with E-state index in [1.807, 2.05) is 6.07 Å². The molecule has 0 spiro atoms. The zero-order chi connectivity index (χ0) is 30.5. The average Bonchev–Trinajstić information content (AvgIpc) is 2.98. The van der Waals surface area contributed by atoms with Crippen molar-refractivity contribution in [3.05, 3.63) is 114 Å². The Labute approximate surface area is 239 Å². The Morgan fingerprint density at radius 1 is 0.738 bits per heavy atom. The SMILES string of the molecule is FCCCF.[C-]#[N+]c1ccc(-c2ccc(OC(=O)CC(=O)Oc3ccc(-c4ccc(C#N)cc4)c(F)c3)cc2F)cc1. The van der Waals surface area contributed by atoms with Crippen LogP contribution in [0.3, 0.4) is 0 Å². The molecule has 0 bridgehead atoms. The van der Waals surface area contributed by atoms with Crippen LogP contribution >= 0.6 is 0 Å². The second-order valence-electron chi connectivity index (χ2n) is 8.49. The molecular formula is C32H22F4N2O4. The molecule has 10 heteroatoms. The zero-order valence-electron chi connectivity index (χ0n) is 22.0. The summed E-state index contributed by atoms with van der Waals surface area (Å²) in [5.74, 6) is -3.47. The Bertz CT molecular complexity index is 1510. The van der Waals surface area contributed by atoms with Gasteiger partial charge in [0, 0.05) is 29.7 Å². The smallest absolute Gasteiger partial charge is 0.322 e. The maximum atomic E-state index is 14.6. The van der Waals surface area contributed by atoms with E-state index in [1.54, 1.807) is 48.5 Å². The lowest BCUT2D eigenvalue weighted by molar-refractivity contribution is -0.144. The van der Waals surface area contributed by atoms with Gasteiger partial charge in [-0.05, 0) is 47.5 Å². The Morgan fingerprint density at radius 2 is 1.19 bits per heavy atom. The second-order valence-corrected chi connectivity index (χ2v) is 8.49. The van der Waals surface area contributed by atoms with Gasteiger partial charge < -0.3 is 9.47 Å². The predicted octanol–water partition coefficient (Wildman–Crippen LogP) is 7.94. The van der Waals surface area contributed by atoms with Crippen molar-refractivity contribution in [1.82, 2.24) is 0 Å². The molecule has 0 aliphatic rings. The fourth-order valence-electron chi connectivity index (χ4n) is 3.53. The van der Waals surface area contributed by atoms with Gasteiger partial charge in [-0.15, -0.1) is 0 Å². The minimum Gasteiger partial charge on any atom is -0.426 e. The van der Waals surface area contributed by atoms with E-state index in [0.717, 1.165) is 12.1 Å². The van der Waals surface area contributed by atoms with E-state index >= 15 is 0 Å². The summed E-state index contributed by atoms with van der Waals surface area (Å²) in [5.41, 5.74) is 2.44. The number of carbonyl (C=O) groups is 2. The number of ether oxygens (including phenoxy) is 2. The first kappa shape index (κ1) is 31.1. The van der Waals surface area contributed by atoms with Crippen LogP contribution < -0.4 is 9.47 Å². The molecule has 6 nitrogen and oxygen atoms in total. The third-order valence-electron chi connectivity index (χ3n) is 5.53. The molecule has 4 aromatic rings. The fraction of sp³-hybridized carbons (Fsp3) is 0.125. The van der Waals surface area contributed by atoms with Gasteiger partial charge in [-0.25, -0.2) is 13.6 Å². The van der Waals surface area contributed by atoms with Gasteiger partial charge in [-0.3, -0.25) is 18.4 Å². The second kappa shape index (κ2) is 15.3. The Hall–Kier alpha value is -5.48. The molecule has 4 aromatic carbocycles. The van der Waals surface area contributed by atoms with Crippen molar-refractivity contribution >= 4 is 17.6 Å². The number of esters is 2. The lowest BCUT2D eigenvalue weighted by Gasteiger charge is -2.09. The minimum atomic E-state index is -0.979. The topological polar surface area (TPSA) is 80.8 Å². The monoisotopic (exact) mass is 574 g/mol. The zero-order valence-corrected chi connectivity index (χ0v) is 22.0. The van der Waals surface area contributed by atoms with Crippen LogP contribution in [-0.2, 0) is 9.59 Å². The number of nitrogens with zero attached hydrogens (tertiary/aromatic N) is 2. The lowest BCUT2D eigenvalue weighted by atomic mass is 10.0. The van der Waals surface area contributed by atoms with E-state index in [9.17, 15) is 27.2 Å². The van der Waals surface area contributed by atoms with Crippen molar-refractivity contribution < 1.29 is 36.6 Å². The van der Waals surface area contributed by atoms with Crippen molar-refractivity contribution in [2.75, 3.05) is 13.3 Å². The molecule has 4 rings (SSSR count). The highest BCUT2D eigenvalue weighted by atomic mass is 19.1. The quantitative estimate of drug-likeness (QED) is 0.0702. The third-order valence-corrected chi connectivity index (χ3v) is 5.53. The largest absolute Gasteiger partial charge is 0.426 e. The molecule has 212 valence electrons. The highest BCUT2D eigenvalue weighted by Gasteiger charge is 2.17. The van der Waals surface area contributed by atoms with Crippen LogP contribution in [0.15, 0.2) is 84.9 Å². The normalized spacial score (nSPS) is 9.95. The van der Waals surface area contributed by atoms with Gasteiger partial charge in [0.15, 0.2) is 5.69 Å². The summed E-state index contributed by atoms with van der Waals surface area (Å²) < 4.78 is 60.7. The number of alkyl halides is 2. The average molecular weight is 575 g/mol. The lowest BCUT2D eigenvalue weighted by Crippen LogP contribution is -2.18. The summed E-state index contributed by atoms with van der Waals surface area (Å²) in [4.78, 5) is 27.6. The van der Waals surface area contributed by atoms with E-state index in [4.69, 9.17) is 21.3 Å². The fourth-order valence-corrected chi connectivity index (χ4v) is 3.53. The van der Waals surface area contributed by atoms with Crippen LogP contribution in [0.5, 0.6) is 11.5 Å². The first-order valence-corrected chi connectivity index (χ1v) is 12.4. The molecule has 0 atom stereocenters. The maximum absolute atomic E-state index is 14.6. The first-order valence-electron chi connectivity index (χ1n) is 12.4. The summed E-state index contributed by atoms with van der Waals surface area (Å²) in [7, 11) is 0. The number of hydrogen-bond donors (Lipinski definition) is 0. The van der Waals surface area contributed by atoms with Crippen LogP contribution in [0.1, 0.15) is 18.4 Å². The summed E-state index contributed by atoms with van der Waals surface area (Å²) in [5, 5.41) is 8.87. The van der Waals surface area contributed by atoms with Gasteiger partial charge in [0.25, 0.3) is 0 Å². The Balaban J connectivity index is 0.000000892. The molecule has 0 aliphatic carbocycles. The number of carbonyl (C=O) groups excluding carboxylic acids is 2. The number of nitriles is 1. The van der Waals surface area contributed by atoms with Gasteiger partial charge >= 0.3 is 11.9 Å². The molecule has 0 aliphatic heterocycles. The van der Waals surface area contributed by atoms with E-state index in [-0.39, 0.29) is 29.0 Å². The van der Waals surface area contributed by atoms with Crippen molar-refractivity contribution in [2.45, 2.75) is 12.8 Å². The Kier molecular flexibility index (Phi) is 11.3. The summed E-state index contributed by atoms with van der Waals surface area (Å²) >= 11 is 0. The highest BCUT2D eigenvalue weighted by Crippen LogP contribution is 2.29. The van der Waals surface area contributed by atoms with Crippen molar-refractivity contribution in [3.63, 3.8) is 0 Å². The molecule has 0 saturated heterocycles. The van der Waals surface area contributed by atoms with Crippen LogP contribution in [0.2, 0.25) is 0 Å². The van der Waals surface area contributed by atoms with Gasteiger partial charge in [-0.2, -0.15) is 5.26 Å². The van der Waals surface area contributed by atoms with Crippen LogP contribution in [0, 0.1) is 29.5 Å². The molecule has 0 saturated carbocycles. The van der Waals surface area contributed by atoms with Crippen molar-refractivity contribution in [2.24, 2.45) is 0 Å². The highest BCUT2D eigenvalue weighted by molar-refractivity contribution is 5.93. The Morgan fingerprint density at radius 3 is 1.55 bits per heavy atom. The van der Waals surface area contributed by atoms with E-state index in [0.29, 0.717) is 22.4 Å². The minimum absolute atomic E-state index is 0.0556. The molecule has 0 aromatic heterocycles. The van der Waals surface area contributed by atoms with Gasteiger partial charge in [0.05, 0.1) is 31.6 Å². The van der Waals surface area contributed by atoms with E-state index in [1.165, 1.54) is 24.3 Å². The first-order chi connectivity index (χ1) is 20.3. The van der Waals surface area contributed by atoms with E-state index in [2.05, 4.69) is 4.85 Å². The third kappa shape index (κ3) is 8.77. The van der Waals surface area contributed by atoms with Gasteiger partial charge in [-0.1, -0.05) is 36.4 Å². The standard InChI is InChI=1S/C29H16F2N2O4.C3H6F2/c1-33-21-8-6-20(7-9-21)25-13-11-23(15-27(25)31)37-29(35)16-28(34)36-22-10-12-24(26(30)14-22)19-4-2-18(17-32)3-5-19;4-2-1-3-5/h2-15H,16H2;1-3H2. The van der Waals surface area contributed by atoms with Crippen LogP contribution in [0.4, 0.5) is 23.2 Å². The number of rotatable bonds is 8. The molecular weight excluding hydrogens is 552 g/mol. The van der Waals surface area contributed by atoms with Crippen molar-refractivity contribution in [1.29, 1.82) is 5.26 Å². The molecule has 0 radical (unpaired) electrons. The number of halogens is 4. The van der Waals surface area contributed by atoms with Gasteiger partial charge in [0.1, 0.15) is 29.6 Å². The molecule has 42 heavy (non-hydrogen) atoms. The maximum Gasteiger partial charge on any atom is 0.322 e. The van der Waals surface area contributed by atoms with Crippen LogP contribution in [-0.4, -0.2) is 25.3 Å². The molecule has 0 unspecified atom stereocenters. The predicted molar refractivity (Wildman–Crippen MR) is 147 cm³/mol. The number of hydrogen-bond acceptors (Lipinski definition) is 5. The number of benzene rings is 4. The summed E-state index contributed by atoms with van der Waals surface area (Å²) in [6.45, 7) is 5.91. The summed E-state index contributed by atoms with van der Waals surface area (Å²) in [6, 6.07) is 22.2. The molecule has 0 amide bonds. The molecule has 0 fully saturated rings. The molecule has 0 heterocycles.